The minimum Gasteiger partial charge on any atom is -0.340 e. The largest absolute Gasteiger partial charge is 0.340 e. The molecule has 0 heterocycles. The molecule has 2 aromatic rings. The van der Waals surface area contributed by atoms with Crippen molar-refractivity contribution in [1.82, 2.24) is 5.32 Å². The van der Waals surface area contributed by atoms with Crippen LogP contribution in [0.1, 0.15) is 36.7 Å². The van der Waals surface area contributed by atoms with Crippen molar-refractivity contribution in [2.45, 2.75) is 33.2 Å². The average Bonchev–Trinajstić information content (AvgIpc) is 2.59. The molecule has 6 heteroatoms. The highest BCUT2D eigenvalue weighted by molar-refractivity contribution is 6.36. The Balaban J connectivity index is 2.11. The van der Waals surface area contributed by atoms with Gasteiger partial charge in [0.05, 0.1) is 10.6 Å². The van der Waals surface area contributed by atoms with Gasteiger partial charge >= 0.3 is 0 Å². The maximum Gasteiger partial charge on any atom is 0.253 e. The smallest absolute Gasteiger partial charge is 0.253 e. The van der Waals surface area contributed by atoms with Crippen LogP contribution in [0.2, 0.25) is 10.0 Å². The van der Waals surface area contributed by atoms with Crippen molar-refractivity contribution in [3.8, 4) is 0 Å². The summed E-state index contributed by atoms with van der Waals surface area (Å²) in [7, 11) is 0. The van der Waals surface area contributed by atoms with Gasteiger partial charge in [0.1, 0.15) is 6.04 Å². The van der Waals surface area contributed by atoms with E-state index in [1.807, 2.05) is 38.1 Å². The predicted octanol–water partition coefficient (Wildman–Crippen LogP) is 4.95. The Bertz CT molecular complexity index is 789. The number of nitrogens with one attached hydrogen (secondary N) is 2. The van der Waals surface area contributed by atoms with Crippen molar-refractivity contribution >= 4 is 40.7 Å². The third-order valence-corrected chi connectivity index (χ3v) is 4.59. The zero-order chi connectivity index (χ0) is 19.3. The van der Waals surface area contributed by atoms with Crippen LogP contribution in [-0.2, 0) is 11.2 Å². The van der Waals surface area contributed by atoms with Crippen LogP contribution in [0.15, 0.2) is 42.5 Å². The fraction of sp³-hybridized carbons (Fsp3) is 0.300. The number of hydrogen-bond acceptors (Lipinski definition) is 2. The van der Waals surface area contributed by atoms with Crippen molar-refractivity contribution < 1.29 is 9.59 Å². The van der Waals surface area contributed by atoms with E-state index in [1.165, 1.54) is 11.6 Å². The van der Waals surface area contributed by atoms with E-state index < -0.39 is 11.9 Å². The molecule has 0 aliphatic rings. The van der Waals surface area contributed by atoms with Crippen molar-refractivity contribution in [3.05, 3.63) is 63.6 Å². The molecule has 0 aliphatic heterocycles. The van der Waals surface area contributed by atoms with Gasteiger partial charge in [0.25, 0.3) is 5.91 Å². The first-order valence-electron chi connectivity index (χ1n) is 8.47. The van der Waals surface area contributed by atoms with Crippen LogP contribution < -0.4 is 10.6 Å². The monoisotopic (exact) mass is 392 g/mol. The second kappa shape index (κ2) is 9.06. The van der Waals surface area contributed by atoms with Crippen LogP contribution >= 0.6 is 23.2 Å². The Labute approximate surface area is 163 Å². The van der Waals surface area contributed by atoms with Gasteiger partial charge in [0, 0.05) is 10.7 Å². The molecule has 2 aromatic carbocycles. The quantitative estimate of drug-likeness (QED) is 0.730. The molecule has 138 valence electrons. The highest BCUT2D eigenvalue weighted by Crippen LogP contribution is 2.21. The number of carbonyl (C=O) groups excluding carboxylic acids is 2. The lowest BCUT2D eigenvalue weighted by Gasteiger charge is -2.22. The van der Waals surface area contributed by atoms with Gasteiger partial charge in [0.15, 0.2) is 0 Å². The number of hydrogen-bond donors (Lipinski definition) is 2. The van der Waals surface area contributed by atoms with Gasteiger partial charge in [-0.15, -0.1) is 0 Å². The summed E-state index contributed by atoms with van der Waals surface area (Å²) in [5.41, 5.74) is 2.16. The molecule has 1 atom stereocenters. The molecular formula is C20H22Cl2N2O2. The molecule has 2 rings (SSSR count). The second-order valence-electron chi connectivity index (χ2n) is 6.36. The highest BCUT2D eigenvalue weighted by atomic mass is 35.5. The van der Waals surface area contributed by atoms with E-state index in [2.05, 4.69) is 17.6 Å². The van der Waals surface area contributed by atoms with E-state index in [0.29, 0.717) is 10.7 Å². The number of rotatable bonds is 6. The number of carbonyl (C=O) groups is 2. The third-order valence-electron chi connectivity index (χ3n) is 4.04. The SMILES string of the molecule is CCc1ccc(NC(=O)[C@@H](NC(=O)c2ccc(Cl)cc2Cl)C(C)C)cc1. The fourth-order valence-corrected chi connectivity index (χ4v) is 2.97. The standard InChI is InChI=1S/C20H22Cl2N2O2/c1-4-13-5-8-15(9-6-13)23-20(26)18(12(2)3)24-19(25)16-10-7-14(21)11-17(16)22/h5-12,18H,4H2,1-3H3,(H,23,26)(H,24,25)/t18-/m0/s1. The first kappa shape index (κ1) is 20.3. The number of amides is 2. The molecular weight excluding hydrogens is 371 g/mol. The topological polar surface area (TPSA) is 58.2 Å². The van der Waals surface area contributed by atoms with Crippen LogP contribution in [0.4, 0.5) is 5.69 Å². The summed E-state index contributed by atoms with van der Waals surface area (Å²) < 4.78 is 0. The van der Waals surface area contributed by atoms with Gasteiger partial charge in [-0.05, 0) is 48.2 Å². The summed E-state index contributed by atoms with van der Waals surface area (Å²) in [6.45, 7) is 5.81. The Morgan fingerprint density at radius 3 is 2.23 bits per heavy atom. The third kappa shape index (κ3) is 5.23. The number of anilines is 1. The first-order chi connectivity index (χ1) is 12.3. The molecule has 0 saturated carbocycles. The molecule has 2 amide bonds. The molecule has 4 nitrogen and oxygen atoms in total. The van der Waals surface area contributed by atoms with Crippen molar-refractivity contribution in [2.24, 2.45) is 5.92 Å². The van der Waals surface area contributed by atoms with Crippen LogP contribution in [0, 0.1) is 5.92 Å². The maximum atomic E-state index is 12.6. The van der Waals surface area contributed by atoms with Crippen molar-refractivity contribution in [3.63, 3.8) is 0 Å². The number of halogens is 2. The second-order valence-corrected chi connectivity index (χ2v) is 7.20. The number of benzene rings is 2. The number of aryl methyl sites for hydroxylation is 1. The predicted molar refractivity (Wildman–Crippen MR) is 107 cm³/mol. The van der Waals surface area contributed by atoms with Gasteiger partial charge in [-0.2, -0.15) is 0 Å². The first-order valence-corrected chi connectivity index (χ1v) is 9.23. The molecule has 0 radical (unpaired) electrons. The van der Waals surface area contributed by atoms with E-state index in [-0.39, 0.29) is 22.4 Å². The molecule has 0 fully saturated rings. The summed E-state index contributed by atoms with van der Waals surface area (Å²) in [5.74, 6) is -0.788. The van der Waals surface area contributed by atoms with Gasteiger partial charge in [-0.1, -0.05) is 56.1 Å². The van der Waals surface area contributed by atoms with Gasteiger partial charge in [-0.25, -0.2) is 0 Å². The molecule has 26 heavy (non-hydrogen) atoms. The van der Waals surface area contributed by atoms with E-state index in [4.69, 9.17) is 23.2 Å². The lowest BCUT2D eigenvalue weighted by Crippen LogP contribution is -2.47. The zero-order valence-electron chi connectivity index (χ0n) is 15.0. The van der Waals surface area contributed by atoms with Crippen LogP contribution in [0.5, 0.6) is 0 Å². The molecule has 0 aliphatic carbocycles. The summed E-state index contributed by atoms with van der Waals surface area (Å²) in [6, 6.07) is 11.6. The maximum absolute atomic E-state index is 12.6. The minimum absolute atomic E-state index is 0.0973. The normalized spacial score (nSPS) is 11.9. The summed E-state index contributed by atoms with van der Waals surface area (Å²) in [6.07, 6.45) is 0.931. The Morgan fingerprint density at radius 2 is 1.69 bits per heavy atom. The van der Waals surface area contributed by atoms with Gasteiger partial charge in [-0.3, -0.25) is 9.59 Å². The van der Waals surface area contributed by atoms with Crippen LogP contribution in [0.25, 0.3) is 0 Å². The molecule has 2 N–H and O–H groups in total. The molecule has 0 unspecified atom stereocenters. The highest BCUT2D eigenvalue weighted by Gasteiger charge is 2.25. The van der Waals surface area contributed by atoms with E-state index in [0.717, 1.165) is 6.42 Å². The average molecular weight is 393 g/mol. The van der Waals surface area contributed by atoms with Crippen LogP contribution in [0.3, 0.4) is 0 Å². The van der Waals surface area contributed by atoms with Crippen LogP contribution in [-0.4, -0.2) is 17.9 Å². The summed E-state index contributed by atoms with van der Waals surface area (Å²) >= 11 is 11.9. The van der Waals surface area contributed by atoms with Crippen molar-refractivity contribution in [1.29, 1.82) is 0 Å². The lowest BCUT2D eigenvalue weighted by atomic mass is 10.0. The molecule has 0 bridgehead atoms. The summed E-state index contributed by atoms with van der Waals surface area (Å²) in [5, 5.41) is 6.29. The zero-order valence-corrected chi connectivity index (χ0v) is 16.5. The minimum atomic E-state index is -0.694. The molecule has 0 spiro atoms. The van der Waals surface area contributed by atoms with Gasteiger partial charge in [0.2, 0.25) is 5.91 Å². The lowest BCUT2D eigenvalue weighted by molar-refractivity contribution is -0.118. The fourth-order valence-electron chi connectivity index (χ4n) is 2.47. The van der Waals surface area contributed by atoms with E-state index in [9.17, 15) is 9.59 Å². The summed E-state index contributed by atoms with van der Waals surface area (Å²) in [4.78, 5) is 25.1. The van der Waals surface area contributed by atoms with E-state index in [1.54, 1.807) is 12.1 Å². The van der Waals surface area contributed by atoms with Crippen molar-refractivity contribution in [2.75, 3.05) is 5.32 Å². The van der Waals surface area contributed by atoms with Gasteiger partial charge < -0.3 is 10.6 Å². The Hall–Kier alpha value is -2.04. The molecule has 0 aromatic heterocycles. The Kier molecular flexibility index (Phi) is 7.06. The molecule has 0 saturated heterocycles. The Morgan fingerprint density at radius 1 is 1.04 bits per heavy atom. The van der Waals surface area contributed by atoms with E-state index >= 15 is 0 Å².